The topological polar surface area (TPSA) is 43.4 Å². The number of nitrogens with zero attached hydrogens (tertiary/aromatic N) is 2. The molecule has 0 aliphatic heterocycles. The molecule has 6 heteroatoms. The number of hydrogen-bond donors (Lipinski definition) is 0. The summed E-state index contributed by atoms with van der Waals surface area (Å²) in [5, 5.41) is 0. The van der Waals surface area contributed by atoms with Gasteiger partial charge in [0.25, 0.3) is 0 Å². The van der Waals surface area contributed by atoms with E-state index in [1.807, 2.05) is 12.1 Å². The quantitative estimate of drug-likeness (QED) is 0.0904. The number of para-hydroxylation sites is 2. The van der Waals surface area contributed by atoms with Crippen molar-refractivity contribution in [2.75, 3.05) is 50.4 Å². The molecule has 0 aliphatic carbocycles. The van der Waals surface area contributed by atoms with Crippen molar-refractivity contribution >= 4 is 34.1 Å². The van der Waals surface area contributed by atoms with Crippen LogP contribution in [0, 0.1) is 0 Å². The first kappa shape index (κ1) is 34.6. The van der Waals surface area contributed by atoms with E-state index in [1.54, 1.807) is 14.2 Å². The molecule has 0 amide bonds. The summed E-state index contributed by atoms with van der Waals surface area (Å²) in [5.41, 5.74) is 11.1. The van der Waals surface area contributed by atoms with Gasteiger partial charge in [-0.2, -0.15) is 0 Å². The summed E-state index contributed by atoms with van der Waals surface area (Å²) in [6.45, 7) is 3.46. The second kappa shape index (κ2) is 18.0. The third kappa shape index (κ3) is 9.05. The van der Waals surface area contributed by atoms with Gasteiger partial charge in [-0.3, -0.25) is 0 Å². The number of rotatable bonds is 17. The first-order valence-corrected chi connectivity index (χ1v) is 17.0. The van der Waals surface area contributed by atoms with E-state index in [0.717, 1.165) is 56.4 Å². The summed E-state index contributed by atoms with van der Waals surface area (Å²) in [4.78, 5) is 4.55. The number of hydrogen-bond acceptors (Lipinski definition) is 6. The molecular formula is C44H44N2O4. The molecule has 0 radical (unpaired) electrons. The van der Waals surface area contributed by atoms with Crippen LogP contribution in [0.3, 0.4) is 0 Å². The van der Waals surface area contributed by atoms with Crippen molar-refractivity contribution in [2.45, 2.75) is 13.2 Å². The van der Waals surface area contributed by atoms with Crippen LogP contribution in [0.4, 0.5) is 34.1 Å². The van der Waals surface area contributed by atoms with Gasteiger partial charge in [0.05, 0.1) is 39.6 Å². The molecular weight excluding hydrogens is 620 g/mol. The smallest absolute Gasteiger partial charge is 0.0718 e. The standard InChI is InChI=1S/C44H44N2O4/c1-47-29-31-49-33-35-13-21-41(22-14-35)45(39-9-5-3-6-10-39)43-25-17-37(18-26-43)38-19-27-44(28-20-38)46(40-11-7-4-8-12-40)42-23-15-36(16-24-42)34-50-32-30-48-2/h3-28H,29-34H2,1-2H3. The van der Waals surface area contributed by atoms with Crippen LogP contribution in [0.5, 0.6) is 0 Å². The maximum Gasteiger partial charge on any atom is 0.0718 e. The Bertz CT molecular complexity index is 1710. The normalized spacial score (nSPS) is 11.0. The van der Waals surface area contributed by atoms with E-state index >= 15 is 0 Å². The highest BCUT2D eigenvalue weighted by atomic mass is 16.5. The molecule has 50 heavy (non-hydrogen) atoms. The fourth-order valence-electron chi connectivity index (χ4n) is 5.80. The highest BCUT2D eigenvalue weighted by Gasteiger charge is 2.15. The minimum absolute atomic E-state index is 0.559. The van der Waals surface area contributed by atoms with E-state index in [0.29, 0.717) is 39.6 Å². The van der Waals surface area contributed by atoms with Crippen molar-refractivity contribution in [1.82, 2.24) is 0 Å². The van der Waals surface area contributed by atoms with Gasteiger partial charge in [0, 0.05) is 48.3 Å². The van der Waals surface area contributed by atoms with Crippen LogP contribution in [0.1, 0.15) is 11.1 Å². The summed E-state index contributed by atoms with van der Waals surface area (Å²) >= 11 is 0. The average molecular weight is 665 g/mol. The fourth-order valence-corrected chi connectivity index (χ4v) is 5.80. The summed E-state index contributed by atoms with van der Waals surface area (Å²) in [7, 11) is 3.37. The molecule has 0 unspecified atom stereocenters. The van der Waals surface area contributed by atoms with Gasteiger partial charge in [-0.1, -0.05) is 84.9 Å². The second-order valence-corrected chi connectivity index (χ2v) is 11.9. The van der Waals surface area contributed by atoms with Crippen molar-refractivity contribution in [3.05, 3.63) is 169 Å². The van der Waals surface area contributed by atoms with Crippen LogP contribution < -0.4 is 9.80 Å². The molecule has 6 aromatic rings. The zero-order valence-electron chi connectivity index (χ0n) is 28.8. The largest absolute Gasteiger partial charge is 0.382 e. The summed E-state index contributed by atoms with van der Waals surface area (Å²) in [5.74, 6) is 0. The van der Waals surface area contributed by atoms with Crippen molar-refractivity contribution in [3.63, 3.8) is 0 Å². The lowest BCUT2D eigenvalue weighted by molar-refractivity contribution is 0.0616. The van der Waals surface area contributed by atoms with Gasteiger partial charge in [0.15, 0.2) is 0 Å². The first-order chi connectivity index (χ1) is 24.7. The monoisotopic (exact) mass is 664 g/mol. The van der Waals surface area contributed by atoms with Crippen LogP contribution in [0.25, 0.3) is 11.1 Å². The van der Waals surface area contributed by atoms with E-state index in [2.05, 4.69) is 155 Å². The Hall–Kier alpha value is -5.24. The third-order valence-corrected chi connectivity index (χ3v) is 8.40. The first-order valence-electron chi connectivity index (χ1n) is 17.0. The lowest BCUT2D eigenvalue weighted by Crippen LogP contribution is -2.10. The van der Waals surface area contributed by atoms with Gasteiger partial charge >= 0.3 is 0 Å². The molecule has 0 aromatic heterocycles. The van der Waals surface area contributed by atoms with Crippen LogP contribution in [-0.2, 0) is 32.2 Å². The van der Waals surface area contributed by atoms with Crippen molar-refractivity contribution in [1.29, 1.82) is 0 Å². The van der Waals surface area contributed by atoms with Crippen molar-refractivity contribution in [2.24, 2.45) is 0 Å². The van der Waals surface area contributed by atoms with Crippen LogP contribution in [-0.4, -0.2) is 40.6 Å². The van der Waals surface area contributed by atoms with Gasteiger partial charge in [0.1, 0.15) is 0 Å². The van der Waals surface area contributed by atoms with Crippen LogP contribution >= 0.6 is 0 Å². The maximum absolute atomic E-state index is 5.72. The second-order valence-electron chi connectivity index (χ2n) is 11.9. The van der Waals surface area contributed by atoms with Gasteiger partial charge in [-0.25, -0.2) is 0 Å². The zero-order chi connectivity index (χ0) is 34.4. The molecule has 0 N–H and O–H groups in total. The number of ether oxygens (including phenoxy) is 4. The molecule has 254 valence electrons. The average Bonchev–Trinajstić information content (AvgIpc) is 3.18. The van der Waals surface area contributed by atoms with E-state index < -0.39 is 0 Å². The van der Waals surface area contributed by atoms with Crippen LogP contribution in [0.15, 0.2) is 158 Å². The molecule has 6 rings (SSSR count). The SMILES string of the molecule is COCCOCc1ccc(N(c2ccccc2)c2ccc(-c3ccc(N(c4ccccc4)c4ccc(COCCOC)cc4)cc3)cc2)cc1. The number of benzene rings is 6. The van der Waals surface area contributed by atoms with E-state index in [4.69, 9.17) is 18.9 Å². The molecule has 0 saturated heterocycles. The fraction of sp³-hybridized carbons (Fsp3) is 0.182. The minimum Gasteiger partial charge on any atom is -0.382 e. The molecule has 0 fully saturated rings. The molecule has 0 atom stereocenters. The Morgan fingerprint density at radius 3 is 0.960 bits per heavy atom. The van der Waals surface area contributed by atoms with Crippen molar-refractivity contribution in [3.8, 4) is 11.1 Å². The summed E-state index contributed by atoms with van der Waals surface area (Å²) in [6, 6.07) is 55.6. The third-order valence-electron chi connectivity index (χ3n) is 8.40. The Kier molecular flexibility index (Phi) is 12.4. The highest BCUT2D eigenvalue weighted by Crippen LogP contribution is 2.38. The van der Waals surface area contributed by atoms with Crippen LogP contribution in [0.2, 0.25) is 0 Å². The Balaban J connectivity index is 1.21. The molecule has 0 aliphatic rings. The van der Waals surface area contributed by atoms with E-state index in [9.17, 15) is 0 Å². The van der Waals surface area contributed by atoms with Gasteiger partial charge in [0.2, 0.25) is 0 Å². The predicted octanol–water partition coefficient (Wildman–Crippen LogP) is 10.6. The van der Waals surface area contributed by atoms with Gasteiger partial charge in [-0.15, -0.1) is 0 Å². The van der Waals surface area contributed by atoms with Gasteiger partial charge < -0.3 is 28.7 Å². The minimum atomic E-state index is 0.559. The number of anilines is 6. The molecule has 6 nitrogen and oxygen atoms in total. The van der Waals surface area contributed by atoms with E-state index in [1.165, 1.54) is 0 Å². The molecule has 0 heterocycles. The summed E-state index contributed by atoms with van der Waals surface area (Å²) < 4.78 is 21.6. The zero-order valence-corrected chi connectivity index (χ0v) is 28.8. The Labute approximate surface area is 296 Å². The lowest BCUT2D eigenvalue weighted by Gasteiger charge is -2.26. The maximum atomic E-state index is 5.72. The molecule has 0 bridgehead atoms. The molecule has 6 aromatic carbocycles. The number of methoxy groups -OCH3 is 2. The molecule has 0 spiro atoms. The summed E-state index contributed by atoms with van der Waals surface area (Å²) in [6.07, 6.45) is 0. The Morgan fingerprint density at radius 1 is 0.340 bits per heavy atom. The molecule has 0 saturated carbocycles. The van der Waals surface area contributed by atoms with Gasteiger partial charge in [-0.05, 0) is 95.1 Å². The lowest BCUT2D eigenvalue weighted by atomic mass is 10.0. The van der Waals surface area contributed by atoms with Crippen molar-refractivity contribution < 1.29 is 18.9 Å². The Morgan fingerprint density at radius 2 is 0.640 bits per heavy atom. The predicted molar refractivity (Wildman–Crippen MR) is 204 cm³/mol. The highest BCUT2D eigenvalue weighted by molar-refractivity contribution is 5.80. The van der Waals surface area contributed by atoms with E-state index in [-0.39, 0.29) is 0 Å².